The number of hydrogen-bond donors (Lipinski definition) is 1. The van der Waals surface area contributed by atoms with E-state index >= 15 is 0 Å². The number of thiophene rings is 1. The molecule has 0 aliphatic carbocycles. The van der Waals surface area contributed by atoms with Crippen LogP contribution in [0.25, 0.3) is 22.6 Å². The largest absolute Gasteiger partial charge is 0.301 e. The molecule has 0 aliphatic rings. The van der Waals surface area contributed by atoms with Gasteiger partial charge in [-0.1, -0.05) is 41.0 Å². The topological polar surface area (TPSA) is 72.7 Å². The highest BCUT2D eigenvalue weighted by Crippen LogP contribution is 2.32. The highest BCUT2D eigenvalue weighted by molar-refractivity contribution is 7.99. The highest BCUT2D eigenvalue weighted by atomic mass is 35.5. The zero-order valence-electron chi connectivity index (χ0n) is 16.8. The highest BCUT2D eigenvalue weighted by Gasteiger charge is 2.17. The predicted molar refractivity (Wildman–Crippen MR) is 135 cm³/mol. The maximum Gasteiger partial charge on any atom is 0.236 e. The summed E-state index contributed by atoms with van der Waals surface area (Å²) < 4.78 is 1.95. The van der Waals surface area contributed by atoms with Gasteiger partial charge in [0.25, 0.3) is 0 Å². The number of carbonyl (C=O) groups is 1. The van der Waals surface area contributed by atoms with Crippen LogP contribution in [0.15, 0.2) is 52.8 Å². The lowest BCUT2D eigenvalue weighted by Crippen LogP contribution is -2.14. The van der Waals surface area contributed by atoms with E-state index in [0.717, 1.165) is 17.0 Å². The monoisotopic (exact) mass is 521 g/mol. The molecule has 0 fully saturated rings. The van der Waals surface area contributed by atoms with Crippen LogP contribution in [-0.4, -0.2) is 31.4 Å². The first-order valence-corrected chi connectivity index (χ1v) is 12.9. The van der Waals surface area contributed by atoms with Gasteiger partial charge >= 0.3 is 0 Å². The maximum atomic E-state index is 12.5. The van der Waals surface area contributed by atoms with Gasteiger partial charge in [-0.3, -0.25) is 9.36 Å². The van der Waals surface area contributed by atoms with Gasteiger partial charge in [-0.15, -0.1) is 39.4 Å². The molecule has 0 bridgehead atoms. The Hall–Kier alpha value is -2.17. The fourth-order valence-electron chi connectivity index (χ4n) is 2.90. The van der Waals surface area contributed by atoms with E-state index in [2.05, 4.69) is 33.1 Å². The van der Waals surface area contributed by atoms with E-state index in [-0.39, 0.29) is 11.7 Å². The SMILES string of the molecule is C=CCn1c(SCC(=O)Nc2nc(-c3ccc(Cl)cc3Cl)cs2)nnc1-c1csc(C)c1. The van der Waals surface area contributed by atoms with Crippen molar-refractivity contribution in [2.75, 3.05) is 11.1 Å². The molecule has 3 aromatic heterocycles. The van der Waals surface area contributed by atoms with Crippen LogP contribution in [0, 0.1) is 6.92 Å². The summed E-state index contributed by atoms with van der Waals surface area (Å²) in [7, 11) is 0. The van der Waals surface area contributed by atoms with Gasteiger partial charge in [-0.2, -0.15) is 0 Å². The number of hydrogen-bond acceptors (Lipinski definition) is 7. The number of carbonyl (C=O) groups excluding carboxylic acids is 1. The van der Waals surface area contributed by atoms with Gasteiger partial charge in [0.05, 0.1) is 16.5 Å². The van der Waals surface area contributed by atoms with Crippen LogP contribution >= 0.6 is 57.6 Å². The first-order chi connectivity index (χ1) is 15.4. The molecule has 32 heavy (non-hydrogen) atoms. The predicted octanol–water partition coefficient (Wildman–Crippen LogP) is 6.66. The maximum absolute atomic E-state index is 12.5. The third-order valence-corrected chi connectivity index (χ3v) is 7.44. The van der Waals surface area contributed by atoms with Crippen LogP contribution in [-0.2, 0) is 11.3 Å². The fourth-order valence-corrected chi connectivity index (χ4v) is 5.56. The number of nitrogens with one attached hydrogen (secondary N) is 1. The number of thioether (sulfide) groups is 1. The van der Waals surface area contributed by atoms with Crippen molar-refractivity contribution in [3.8, 4) is 22.6 Å². The Balaban J connectivity index is 1.42. The van der Waals surface area contributed by atoms with E-state index < -0.39 is 0 Å². The van der Waals surface area contributed by atoms with Crippen LogP contribution < -0.4 is 5.32 Å². The molecular weight excluding hydrogens is 505 g/mol. The molecule has 4 rings (SSSR count). The van der Waals surface area contributed by atoms with Crippen molar-refractivity contribution in [1.82, 2.24) is 19.7 Å². The first-order valence-electron chi connectivity index (χ1n) is 9.38. The van der Waals surface area contributed by atoms with Crippen molar-refractivity contribution in [1.29, 1.82) is 0 Å². The molecule has 0 saturated heterocycles. The Morgan fingerprint density at radius 1 is 1.25 bits per heavy atom. The molecule has 0 atom stereocenters. The fraction of sp³-hybridized carbons (Fsp3) is 0.143. The zero-order valence-corrected chi connectivity index (χ0v) is 20.8. The van der Waals surface area contributed by atoms with Gasteiger partial charge in [-0.25, -0.2) is 4.98 Å². The summed E-state index contributed by atoms with van der Waals surface area (Å²) in [5.74, 6) is 0.759. The van der Waals surface area contributed by atoms with Crippen molar-refractivity contribution in [3.05, 3.63) is 62.6 Å². The number of nitrogens with zero attached hydrogens (tertiary/aromatic N) is 4. The van der Waals surface area contributed by atoms with Crippen molar-refractivity contribution >= 4 is 68.7 Å². The second-order valence-electron chi connectivity index (χ2n) is 6.65. The van der Waals surface area contributed by atoms with Crippen molar-refractivity contribution < 1.29 is 4.79 Å². The van der Waals surface area contributed by atoms with Gasteiger partial charge < -0.3 is 5.32 Å². The van der Waals surface area contributed by atoms with E-state index in [9.17, 15) is 4.79 Å². The number of aryl methyl sites for hydroxylation is 1. The molecule has 0 unspecified atom stereocenters. The quantitative estimate of drug-likeness (QED) is 0.207. The number of thiazole rings is 1. The molecule has 1 N–H and O–H groups in total. The van der Waals surface area contributed by atoms with Crippen LogP contribution in [0.3, 0.4) is 0 Å². The summed E-state index contributed by atoms with van der Waals surface area (Å²) in [5, 5.41) is 17.5. The molecule has 11 heteroatoms. The molecular formula is C21H17Cl2N5OS3. The molecule has 6 nitrogen and oxygen atoms in total. The Morgan fingerprint density at radius 2 is 2.09 bits per heavy atom. The van der Waals surface area contributed by atoms with Gasteiger partial charge in [0.1, 0.15) is 0 Å². The number of halogens is 2. The number of allylic oxidation sites excluding steroid dienone is 1. The third kappa shape index (κ3) is 5.24. The number of anilines is 1. The lowest BCUT2D eigenvalue weighted by atomic mass is 10.2. The van der Waals surface area contributed by atoms with Crippen molar-refractivity contribution in [3.63, 3.8) is 0 Å². The van der Waals surface area contributed by atoms with E-state index in [1.54, 1.807) is 35.6 Å². The summed E-state index contributed by atoms with van der Waals surface area (Å²) >= 11 is 16.5. The average Bonchev–Trinajstić information content (AvgIpc) is 3.47. The summed E-state index contributed by atoms with van der Waals surface area (Å²) in [6.07, 6.45) is 1.79. The summed E-state index contributed by atoms with van der Waals surface area (Å²) in [6, 6.07) is 7.29. The van der Waals surface area contributed by atoms with Crippen LogP contribution in [0.4, 0.5) is 5.13 Å². The Bertz CT molecular complexity index is 1280. The summed E-state index contributed by atoms with van der Waals surface area (Å²) in [5.41, 5.74) is 2.45. The lowest BCUT2D eigenvalue weighted by molar-refractivity contribution is -0.113. The van der Waals surface area contributed by atoms with E-state index in [1.807, 2.05) is 22.3 Å². The molecule has 0 radical (unpaired) electrons. The number of benzene rings is 1. The van der Waals surface area contributed by atoms with Crippen molar-refractivity contribution in [2.24, 2.45) is 0 Å². The molecule has 164 valence electrons. The second-order valence-corrected chi connectivity index (χ2v) is 10.4. The third-order valence-electron chi connectivity index (χ3n) is 4.31. The first kappa shape index (κ1) is 23.0. The van der Waals surface area contributed by atoms with E-state index in [1.165, 1.54) is 28.0 Å². The summed E-state index contributed by atoms with van der Waals surface area (Å²) in [4.78, 5) is 18.2. The standard InChI is InChI=1S/C21H17Cl2N5OS3/c1-3-6-28-19(13-7-12(2)30-9-13)26-27-21(28)32-11-18(29)25-20-24-17(10-31-20)15-5-4-14(22)8-16(15)23/h3-5,7-10H,1,6,11H2,2H3,(H,24,25,29). The molecule has 4 aromatic rings. The Labute approximate surface area is 207 Å². The Kier molecular flexibility index (Phi) is 7.32. The van der Waals surface area contributed by atoms with Crippen LogP contribution in [0.1, 0.15) is 4.88 Å². The normalized spacial score (nSPS) is 11.0. The van der Waals surface area contributed by atoms with Gasteiger partial charge in [0.15, 0.2) is 16.1 Å². The zero-order chi connectivity index (χ0) is 22.7. The lowest BCUT2D eigenvalue weighted by Gasteiger charge is -2.06. The van der Waals surface area contributed by atoms with E-state index in [0.29, 0.717) is 32.6 Å². The number of rotatable bonds is 8. The smallest absolute Gasteiger partial charge is 0.236 e. The van der Waals surface area contributed by atoms with E-state index in [4.69, 9.17) is 23.2 Å². The minimum atomic E-state index is -0.181. The van der Waals surface area contributed by atoms with Gasteiger partial charge in [0, 0.05) is 38.3 Å². The molecule has 0 aliphatic heterocycles. The molecule has 3 heterocycles. The molecule has 0 spiro atoms. The van der Waals surface area contributed by atoms with Gasteiger partial charge in [-0.05, 0) is 31.2 Å². The molecule has 1 amide bonds. The minimum absolute atomic E-state index is 0.175. The van der Waals surface area contributed by atoms with Gasteiger partial charge in [0.2, 0.25) is 5.91 Å². The molecule has 0 saturated carbocycles. The van der Waals surface area contributed by atoms with Crippen LogP contribution in [0.2, 0.25) is 10.0 Å². The molecule has 1 aromatic carbocycles. The second kappa shape index (κ2) is 10.2. The minimum Gasteiger partial charge on any atom is -0.301 e. The average molecular weight is 523 g/mol. The summed E-state index contributed by atoms with van der Waals surface area (Å²) in [6.45, 7) is 6.42. The Morgan fingerprint density at radius 3 is 2.81 bits per heavy atom. The van der Waals surface area contributed by atoms with Crippen LogP contribution in [0.5, 0.6) is 0 Å². The number of aromatic nitrogens is 4. The number of amides is 1. The van der Waals surface area contributed by atoms with Crippen molar-refractivity contribution in [2.45, 2.75) is 18.6 Å².